The highest BCUT2D eigenvalue weighted by Gasteiger charge is 2.43. The zero-order valence-corrected chi connectivity index (χ0v) is 17.7. The zero-order chi connectivity index (χ0) is 20.8. The monoisotopic (exact) mass is 420 g/mol. The summed E-state index contributed by atoms with van der Waals surface area (Å²) in [5.41, 5.74) is 0.940. The van der Waals surface area contributed by atoms with Gasteiger partial charge in [-0.25, -0.2) is 19.2 Å². The van der Waals surface area contributed by atoms with Gasteiger partial charge in [0.15, 0.2) is 0 Å². The normalized spacial score (nSPS) is 24.4. The molecule has 1 aliphatic carbocycles. The van der Waals surface area contributed by atoms with Crippen molar-refractivity contribution in [1.29, 1.82) is 0 Å². The van der Waals surface area contributed by atoms with Gasteiger partial charge in [0, 0.05) is 19.1 Å². The van der Waals surface area contributed by atoms with Gasteiger partial charge in [-0.1, -0.05) is 11.6 Å². The van der Waals surface area contributed by atoms with Crippen LogP contribution in [-0.4, -0.2) is 57.9 Å². The van der Waals surface area contributed by atoms with Crippen LogP contribution in [0, 0.1) is 0 Å². The largest absolute Gasteiger partial charge is 0.444 e. The van der Waals surface area contributed by atoms with Crippen molar-refractivity contribution in [3.05, 3.63) is 29.4 Å². The van der Waals surface area contributed by atoms with E-state index in [2.05, 4.69) is 9.88 Å². The van der Waals surface area contributed by atoms with E-state index < -0.39 is 11.8 Å². The number of amides is 1. The molecule has 0 N–H and O–H groups in total. The van der Waals surface area contributed by atoms with Crippen LogP contribution in [0.5, 0.6) is 0 Å². The molecule has 1 amide bonds. The Morgan fingerprint density at radius 3 is 2.55 bits per heavy atom. The first-order valence-electron chi connectivity index (χ1n) is 10.0. The zero-order valence-electron chi connectivity index (χ0n) is 16.9. The minimum Gasteiger partial charge on any atom is -0.444 e. The van der Waals surface area contributed by atoms with Gasteiger partial charge in [-0.15, -0.1) is 0 Å². The molecule has 0 bridgehead atoms. The van der Waals surface area contributed by atoms with E-state index in [1.54, 1.807) is 11.0 Å². The quantitative estimate of drug-likeness (QED) is 0.679. The molecular formula is C21H26ClFN4O2. The third-order valence-corrected chi connectivity index (χ3v) is 5.64. The molecule has 1 saturated carbocycles. The fourth-order valence-corrected chi connectivity index (χ4v) is 4.14. The third-order valence-electron chi connectivity index (χ3n) is 5.43. The minimum atomic E-state index is -0.830. The number of nitrogens with zero attached hydrogens (tertiary/aromatic N) is 4. The summed E-state index contributed by atoms with van der Waals surface area (Å²) in [6, 6.07) is 7.28. The lowest BCUT2D eigenvalue weighted by molar-refractivity contribution is -0.0177. The average molecular weight is 421 g/mol. The Balaban J connectivity index is 1.51. The number of anilines is 1. The lowest BCUT2D eigenvalue weighted by Gasteiger charge is -2.43. The Bertz CT molecular complexity index is 913. The number of ether oxygens (including phenoxy) is 1. The van der Waals surface area contributed by atoms with Gasteiger partial charge in [0.25, 0.3) is 0 Å². The number of carbonyl (C=O) groups is 1. The molecule has 1 atom stereocenters. The highest BCUT2D eigenvalue weighted by Crippen LogP contribution is 2.34. The topological polar surface area (TPSA) is 58.6 Å². The summed E-state index contributed by atoms with van der Waals surface area (Å²) in [4.78, 5) is 25.8. The van der Waals surface area contributed by atoms with Crippen molar-refractivity contribution in [2.45, 2.75) is 63.9 Å². The van der Waals surface area contributed by atoms with E-state index in [1.165, 1.54) is 0 Å². The molecule has 1 aliphatic heterocycles. The average Bonchev–Trinajstić information content (AvgIpc) is 3.08. The molecule has 2 aliphatic rings. The maximum atomic E-state index is 13.5. The van der Waals surface area contributed by atoms with Crippen molar-refractivity contribution in [3.63, 3.8) is 0 Å². The summed E-state index contributed by atoms with van der Waals surface area (Å²) < 4.78 is 19.1. The molecular weight excluding hydrogens is 395 g/mol. The van der Waals surface area contributed by atoms with Crippen molar-refractivity contribution in [1.82, 2.24) is 14.9 Å². The van der Waals surface area contributed by atoms with Gasteiger partial charge in [0.1, 0.15) is 22.7 Å². The number of alkyl halides is 1. The maximum Gasteiger partial charge on any atom is 0.410 e. The highest BCUT2D eigenvalue weighted by atomic mass is 35.5. The van der Waals surface area contributed by atoms with Gasteiger partial charge in [-0.2, -0.15) is 0 Å². The van der Waals surface area contributed by atoms with Crippen molar-refractivity contribution in [2.75, 3.05) is 18.0 Å². The van der Waals surface area contributed by atoms with E-state index >= 15 is 0 Å². The van der Waals surface area contributed by atoms with Gasteiger partial charge in [0.05, 0.1) is 17.1 Å². The molecule has 156 valence electrons. The Kier molecular flexibility index (Phi) is 5.27. The van der Waals surface area contributed by atoms with Crippen molar-refractivity contribution in [2.24, 2.45) is 0 Å². The van der Waals surface area contributed by atoms with E-state index in [4.69, 9.17) is 21.3 Å². The van der Waals surface area contributed by atoms with Gasteiger partial charge in [-0.05, 0) is 64.3 Å². The molecule has 8 heteroatoms. The number of fused-ring (bicyclic) bond motifs is 1. The smallest absolute Gasteiger partial charge is 0.410 e. The lowest BCUT2D eigenvalue weighted by Crippen LogP contribution is -2.55. The molecule has 1 saturated heterocycles. The molecule has 0 spiro atoms. The third kappa shape index (κ3) is 4.39. The van der Waals surface area contributed by atoms with Crippen LogP contribution >= 0.6 is 11.6 Å². The van der Waals surface area contributed by atoms with Crippen molar-refractivity contribution < 1.29 is 13.9 Å². The molecule has 3 heterocycles. The SMILES string of the molecule is CC(C)(C)OC(=O)N(C1CC(F)C1)C1CCN(c2ccc3nc(Cl)ccc3n2)C1. The van der Waals surface area contributed by atoms with Crippen LogP contribution in [0.2, 0.25) is 5.15 Å². The van der Waals surface area contributed by atoms with Gasteiger partial charge in [0.2, 0.25) is 0 Å². The van der Waals surface area contributed by atoms with Gasteiger partial charge >= 0.3 is 6.09 Å². The van der Waals surface area contributed by atoms with E-state index in [0.717, 1.165) is 29.8 Å². The molecule has 4 rings (SSSR count). The van der Waals surface area contributed by atoms with Gasteiger partial charge < -0.3 is 14.5 Å². The number of rotatable bonds is 3. The molecule has 1 unspecified atom stereocenters. The number of aromatic nitrogens is 2. The number of carbonyl (C=O) groups excluding carboxylic acids is 1. The Hall–Kier alpha value is -2.15. The summed E-state index contributed by atoms with van der Waals surface area (Å²) in [7, 11) is 0. The first-order valence-corrected chi connectivity index (χ1v) is 10.4. The standard InChI is InChI=1S/C21H26ClFN4O2/c1-21(2,3)29-20(28)27(15-10-13(23)11-15)14-8-9-26(12-14)19-7-5-16-17(25-19)4-6-18(22)24-16/h4-7,13-15H,8-12H2,1-3H3. The Morgan fingerprint density at radius 2 is 1.86 bits per heavy atom. The van der Waals surface area contributed by atoms with Crippen LogP contribution in [0.25, 0.3) is 11.0 Å². The summed E-state index contributed by atoms with van der Waals surface area (Å²) >= 11 is 5.95. The number of hydrogen-bond donors (Lipinski definition) is 0. The first-order chi connectivity index (χ1) is 13.7. The summed E-state index contributed by atoms with van der Waals surface area (Å²) in [6.07, 6.45) is 0.383. The summed E-state index contributed by atoms with van der Waals surface area (Å²) in [5.74, 6) is 0.838. The van der Waals surface area contributed by atoms with Crippen LogP contribution in [0.1, 0.15) is 40.0 Å². The second kappa shape index (κ2) is 7.59. The summed E-state index contributed by atoms with van der Waals surface area (Å²) in [6.45, 7) is 6.97. The lowest BCUT2D eigenvalue weighted by atomic mass is 9.88. The van der Waals surface area contributed by atoms with Crippen LogP contribution in [0.3, 0.4) is 0 Å². The number of hydrogen-bond acceptors (Lipinski definition) is 5. The van der Waals surface area contributed by atoms with Crippen molar-refractivity contribution >= 4 is 34.5 Å². The second-order valence-corrected chi connectivity index (χ2v) is 9.23. The first kappa shape index (κ1) is 20.1. The highest BCUT2D eigenvalue weighted by molar-refractivity contribution is 6.29. The number of pyridine rings is 2. The minimum absolute atomic E-state index is 0.0248. The maximum absolute atomic E-state index is 13.5. The second-order valence-electron chi connectivity index (χ2n) is 8.84. The van der Waals surface area contributed by atoms with Crippen LogP contribution in [-0.2, 0) is 4.74 Å². The van der Waals surface area contributed by atoms with E-state index in [9.17, 15) is 9.18 Å². The van der Waals surface area contributed by atoms with E-state index in [1.807, 2.05) is 39.0 Å². The molecule has 0 radical (unpaired) electrons. The van der Waals surface area contributed by atoms with E-state index in [-0.39, 0.29) is 18.2 Å². The van der Waals surface area contributed by atoms with E-state index in [0.29, 0.717) is 24.5 Å². The van der Waals surface area contributed by atoms with Crippen LogP contribution in [0.15, 0.2) is 24.3 Å². The fraction of sp³-hybridized carbons (Fsp3) is 0.571. The predicted molar refractivity (Wildman–Crippen MR) is 111 cm³/mol. The summed E-state index contributed by atoms with van der Waals surface area (Å²) in [5, 5.41) is 0.438. The molecule has 2 aromatic heterocycles. The molecule has 2 aromatic rings. The van der Waals surface area contributed by atoms with Crippen LogP contribution in [0.4, 0.5) is 15.0 Å². The van der Waals surface area contributed by atoms with Crippen molar-refractivity contribution in [3.8, 4) is 0 Å². The molecule has 0 aromatic carbocycles. The van der Waals surface area contributed by atoms with Gasteiger partial charge in [-0.3, -0.25) is 0 Å². The Morgan fingerprint density at radius 1 is 1.17 bits per heavy atom. The molecule has 6 nitrogen and oxygen atoms in total. The fourth-order valence-electron chi connectivity index (χ4n) is 3.99. The predicted octanol–water partition coefficient (Wildman–Crippen LogP) is 4.60. The Labute approximate surface area is 175 Å². The molecule has 29 heavy (non-hydrogen) atoms. The van der Waals surface area contributed by atoms with Crippen LogP contribution < -0.4 is 4.90 Å². The molecule has 2 fully saturated rings. The number of halogens is 2.